The van der Waals surface area contributed by atoms with E-state index in [0.717, 1.165) is 43.7 Å². The van der Waals surface area contributed by atoms with E-state index < -0.39 is 9.84 Å². The number of nitrogens with zero attached hydrogens (tertiary/aromatic N) is 2. The van der Waals surface area contributed by atoms with E-state index in [9.17, 15) is 13.2 Å². The smallest absolute Gasteiger partial charge is 0.258 e. The standard InChI is InChI=1S/C22H28N2O3S/c1-4-23(5-2)16-17-8-10-18(11-9-17)22(25)24-14-6-7-19-15-20(28(3,26)27)12-13-21(19)24/h8-13,15H,4-7,14,16H2,1-3H3. The van der Waals surface area contributed by atoms with Gasteiger partial charge in [-0.1, -0.05) is 26.0 Å². The lowest BCUT2D eigenvalue weighted by Crippen LogP contribution is -2.35. The van der Waals surface area contributed by atoms with E-state index in [0.29, 0.717) is 17.0 Å². The number of carbonyl (C=O) groups excluding carboxylic acids is 1. The maximum atomic E-state index is 13.1. The third-order valence-electron chi connectivity index (χ3n) is 5.34. The number of hydrogen-bond donors (Lipinski definition) is 0. The first-order chi connectivity index (χ1) is 13.3. The molecule has 0 N–H and O–H groups in total. The van der Waals surface area contributed by atoms with Crippen molar-refractivity contribution in [3.63, 3.8) is 0 Å². The fourth-order valence-electron chi connectivity index (χ4n) is 3.63. The van der Waals surface area contributed by atoms with E-state index in [2.05, 4.69) is 18.7 Å². The maximum absolute atomic E-state index is 13.1. The molecule has 2 aromatic carbocycles. The number of aryl methyl sites for hydroxylation is 1. The Morgan fingerprint density at radius 1 is 1.07 bits per heavy atom. The minimum Gasteiger partial charge on any atom is -0.308 e. The molecule has 5 nitrogen and oxygen atoms in total. The molecule has 0 unspecified atom stereocenters. The Hall–Kier alpha value is -2.18. The van der Waals surface area contributed by atoms with Crippen molar-refractivity contribution in [2.24, 2.45) is 0 Å². The van der Waals surface area contributed by atoms with Crippen LogP contribution in [-0.2, 0) is 22.8 Å². The van der Waals surface area contributed by atoms with Crippen molar-refractivity contribution in [3.8, 4) is 0 Å². The van der Waals surface area contributed by atoms with E-state index in [1.165, 1.54) is 11.8 Å². The van der Waals surface area contributed by atoms with Crippen molar-refractivity contribution in [2.45, 2.75) is 38.1 Å². The van der Waals surface area contributed by atoms with Gasteiger partial charge in [-0.25, -0.2) is 8.42 Å². The zero-order valence-corrected chi connectivity index (χ0v) is 17.6. The fourth-order valence-corrected chi connectivity index (χ4v) is 4.30. The van der Waals surface area contributed by atoms with Gasteiger partial charge in [-0.05, 0) is 67.4 Å². The predicted octanol–water partition coefficient (Wildman–Crippen LogP) is 3.52. The third kappa shape index (κ3) is 4.45. The topological polar surface area (TPSA) is 57.7 Å². The van der Waals surface area contributed by atoms with Crippen molar-refractivity contribution < 1.29 is 13.2 Å². The van der Waals surface area contributed by atoms with Gasteiger partial charge in [0.25, 0.3) is 5.91 Å². The second kappa shape index (κ2) is 8.45. The third-order valence-corrected chi connectivity index (χ3v) is 6.45. The molecule has 0 aromatic heterocycles. The second-order valence-electron chi connectivity index (χ2n) is 7.28. The summed E-state index contributed by atoms with van der Waals surface area (Å²) in [6, 6.07) is 12.9. The lowest BCUT2D eigenvalue weighted by Gasteiger charge is -2.30. The summed E-state index contributed by atoms with van der Waals surface area (Å²) in [4.78, 5) is 17.5. The summed E-state index contributed by atoms with van der Waals surface area (Å²) in [5.41, 5.74) is 3.58. The van der Waals surface area contributed by atoms with Crippen LogP contribution in [0.2, 0.25) is 0 Å². The zero-order chi connectivity index (χ0) is 20.3. The van der Waals surface area contributed by atoms with Crippen LogP contribution in [0.3, 0.4) is 0 Å². The maximum Gasteiger partial charge on any atom is 0.258 e. The molecule has 0 bridgehead atoms. The Kier molecular flexibility index (Phi) is 6.20. The lowest BCUT2D eigenvalue weighted by atomic mass is 10.0. The summed E-state index contributed by atoms with van der Waals surface area (Å²) in [6.07, 6.45) is 2.82. The number of hydrogen-bond acceptors (Lipinski definition) is 4. The second-order valence-corrected chi connectivity index (χ2v) is 9.30. The van der Waals surface area contributed by atoms with Crippen molar-refractivity contribution >= 4 is 21.4 Å². The molecular formula is C22H28N2O3S. The van der Waals surface area contributed by atoms with E-state index >= 15 is 0 Å². The Labute approximate surface area is 167 Å². The molecule has 0 spiro atoms. The normalized spacial score (nSPS) is 14.2. The van der Waals surface area contributed by atoms with E-state index in [-0.39, 0.29) is 5.91 Å². The van der Waals surface area contributed by atoms with Crippen molar-refractivity contribution in [1.29, 1.82) is 0 Å². The van der Waals surface area contributed by atoms with E-state index in [1.807, 2.05) is 24.3 Å². The van der Waals surface area contributed by atoms with Crippen LogP contribution in [0.25, 0.3) is 0 Å². The van der Waals surface area contributed by atoms with Crippen LogP contribution in [0.5, 0.6) is 0 Å². The summed E-state index contributed by atoms with van der Waals surface area (Å²) in [5.74, 6) is -0.0394. The highest BCUT2D eigenvalue weighted by Gasteiger charge is 2.24. The minimum absolute atomic E-state index is 0.0394. The lowest BCUT2D eigenvalue weighted by molar-refractivity contribution is 0.0985. The minimum atomic E-state index is -3.25. The van der Waals surface area contributed by atoms with E-state index in [1.54, 1.807) is 23.1 Å². The molecule has 0 radical (unpaired) electrons. The number of anilines is 1. The summed E-state index contributed by atoms with van der Waals surface area (Å²) >= 11 is 0. The van der Waals surface area contributed by atoms with Crippen molar-refractivity contribution in [1.82, 2.24) is 4.90 Å². The SMILES string of the molecule is CCN(CC)Cc1ccc(C(=O)N2CCCc3cc(S(C)(=O)=O)ccc32)cc1. The van der Waals surface area contributed by atoms with Crippen LogP contribution in [-0.4, -0.2) is 45.1 Å². The Morgan fingerprint density at radius 2 is 1.75 bits per heavy atom. The van der Waals surface area contributed by atoms with Gasteiger partial charge in [-0.2, -0.15) is 0 Å². The first-order valence-electron chi connectivity index (χ1n) is 9.79. The van der Waals surface area contributed by atoms with E-state index in [4.69, 9.17) is 0 Å². The molecule has 0 fully saturated rings. The van der Waals surface area contributed by atoms with Crippen LogP contribution < -0.4 is 4.90 Å². The number of carbonyl (C=O) groups is 1. The average molecular weight is 401 g/mol. The van der Waals surface area contributed by atoms with Gasteiger partial charge in [-0.3, -0.25) is 9.69 Å². The summed E-state index contributed by atoms with van der Waals surface area (Å²) in [6.45, 7) is 7.80. The van der Waals surface area contributed by atoms with Gasteiger partial charge >= 0.3 is 0 Å². The molecule has 0 aliphatic carbocycles. The predicted molar refractivity (Wildman–Crippen MR) is 113 cm³/mol. The highest BCUT2D eigenvalue weighted by atomic mass is 32.2. The number of sulfone groups is 1. The van der Waals surface area contributed by atoms with Crippen LogP contribution in [0.1, 0.15) is 41.8 Å². The van der Waals surface area contributed by atoms with Crippen molar-refractivity contribution in [2.75, 3.05) is 30.8 Å². The molecule has 0 saturated heterocycles. The van der Waals surface area contributed by atoms with Crippen LogP contribution in [0.15, 0.2) is 47.4 Å². The molecule has 28 heavy (non-hydrogen) atoms. The highest BCUT2D eigenvalue weighted by molar-refractivity contribution is 7.90. The molecule has 0 atom stereocenters. The number of benzene rings is 2. The van der Waals surface area contributed by atoms with Gasteiger partial charge in [0.1, 0.15) is 0 Å². The van der Waals surface area contributed by atoms with Gasteiger partial charge in [0.15, 0.2) is 9.84 Å². The Morgan fingerprint density at radius 3 is 2.36 bits per heavy atom. The fraction of sp³-hybridized carbons (Fsp3) is 0.409. The molecular weight excluding hydrogens is 372 g/mol. The molecule has 1 aliphatic heterocycles. The molecule has 6 heteroatoms. The molecule has 1 amide bonds. The zero-order valence-electron chi connectivity index (χ0n) is 16.8. The van der Waals surface area contributed by atoms with Crippen LogP contribution in [0.4, 0.5) is 5.69 Å². The first-order valence-corrected chi connectivity index (χ1v) is 11.7. The Balaban J connectivity index is 1.82. The first kappa shape index (κ1) is 20.6. The number of rotatable bonds is 6. The molecule has 1 heterocycles. The molecule has 2 aromatic rings. The average Bonchev–Trinajstić information content (AvgIpc) is 2.70. The molecule has 150 valence electrons. The number of amides is 1. The molecule has 1 aliphatic rings. The van der Waals surface area contributed by atoms with Gasteiger partial charge in [-0.15, -0.1) is 0 Å². The summed E-state index contributed by atoms with van der Waals surface area (Å²) < 4.78 is 23.6. The summed E-state index contributed by atoms with van der Waals surface area (Å²) in [7, 11) is -3.25. The summed E-state index contributed by atoms with van der Waals surface area (Å²) in [5, 5.41) is 0. The Bertz CT molecular complexity index is 948. The van der Waals surface area contributed by atoms with Gasteiger partial charge < -0.3 is 4.90 Å². The van der Waals surface area contributed by atoms with Crippen molar-refractivity contribution in [3.05, 3.63) is 59.2 Å². The monoisotopic (exact) mass is 400 g/mol. The van der Waals surface area contributed by atoms with Crippen LogP contribution >= 0.6 is 0 Å². The largest absolute Gasteiger partial charge is 0.308 e. The highest BCUT2D eigenvalue weighted by Crippen LogP contribution is 2.30. The number of fused-ring (bicyclic) bond motifs is 1. The van der Waals surface area contributed by atoms with Crippen LogP contribution in [0, 0.1) is 0 Å². The quantitative estimate of drug-likeness (QED) is 0.744. The van der Waals surface area contributed by atoms with Gasteiger partial charge in [0.2, 0.25) is 0 Å². The van der Waals surface area contributed by atoms with Gasteiger partial charge in [0, 0.05) is 30.6 Å². The van der Waals surface area contributed by atoms with Gasteiger partial charge in [0.05, 0.1) is 4.90 Å². The molecule has 0 saturated carbocycles. The molecule has 3 rings (SSSR count).